The van der Waals surface area contributed by atoms with E-state index in [9.17, 15) is 22.4 Å². The van der Waals surface area contributed by atoms with Crippen LogP contribution in [0.4, 0.5) is 10.1 Å². The molecule has 1 atom stereocenters. The number of aryl methyl sites for hydroxylation is 1. The zero-order valence-electron chi connectivity index (χ0n) is 14.7. The molecule has 1 aromatic carbocycles. The first-order valence-corrected chi connectivity index (χ1v) is 10.3. The van der Waals surface area contributed by atoms with Crippen molar-refractivity contribution in [1.82, 2.24) is 9.80 Å². The Kier molecular flexibility index (Phi) is 4.68. The Morgan fingerprint density at radius 3 is 2.46 bits per heavy atom. The molecule has 2 saturated heterocycles. The van der Waals surface area contributed by atoms with Gasteiger partial charge in [-0.2, -0.15) is 0 Å². The third kappa shape index (κ3) is 3.40. The molecule has 2 aliphatic heterocycles. The van der Waals surface area contributed by atoms with E-state index in [1.807, 2.05) is 6.92 Å². The van der Waals surface area contributed by atoms with E-state index in [1.165, 1.54) is 6.07 Å². The Bertz CT molecular complexity index is 859. The number of hydrogen-bond donors (Lipinski definition) is 1. The van der Waals surface area contributed by atoms with Gasteiger partial charge in [0.1, 0.15) is 5.82 Å². The molecule has 0 saturated carbocycles. The van der Waals surface area contributed by atoms with Gasteiger partial charge in [-0.3, -0.25) is 9.59 Å². The molecule has 2 amide bonds. The lowest BCUT2D eigenvalue weighted by Crippen LogP contribution is -2.59. The summed E-state index contributed by atoms with van der Waals surface area (Å²) in [5.41, 5.74) is 6.27. The van der Waals surface area contributed by atoms with Gasteiger partial charge in [-0.1, -0.05) is 0 Å². The van der Waals surface area contributed by atoms with Crippen LogP contribution in [0.3, 0.4) is 0 Å². The molecule has 0 aliphatic carbocycles. The van der Waals surface area contributed by atoms with Crippen molar-refractivity contribution in [3.63, 3.8) is 0 Å². The number of rotatable bonds is 2. The standard InChI is InChI=1S/C17H22FN3O4S/c1-10-5-13(15(19)14(18)6-10)17(23)20-3-4-21(11(2)7-20)16(22)12-8-26(24,25)9-12/h5-6,11-12H,3-4,7-9,19H2,1-2H3. The van der Waals surface area contributed by atoms with Gasteiger partial charge in [0.15, 0.2) is 9.84 Å². The number of carbonyl (C=O) groups is 2. The molecule has 0 spiro atoms. The van der Waals surface area contributed by atoms with Gasteiger partial charge in [0.25, 0.3) is 5.91 Å². The third-order valence-corrected chi connectivity index (χ3v) is 6.78. The lowest BCUT2D eigenvalue weighted by Gasteiger charge is -2.42. The zero-order valence-corrected chi connectivity index (χ0v) is 15.6. The summed E-state index contributed by atoms with van der Waals surface area (Å²) in [4.78, 5) is 28.4. The van der Waals surface area contributed by atoms with Crippen LogP contribution in [0.2, 0.25) is 0 Å². The lowest BCUT2D eigenvalue weighted by atomic mass is 10.0. The molecule has 0 bridgehead atoms. The van der Waals surface area contributed by atoms with E-state index in [1.54, 1.807) is 22.8 Å². The van der Waals surface area contributed by atoms with Gasteiger partial charge in [0.2, 0.25) is 5.91 Å². The summed E-state index contributed by atoms with van der Waals surface area (Å²) in [6, 6.07) is 2.58. The van der Waals surface area contributed by atoms with Crippen molar-refractivity contribution in [2.45, 2.75) is 19.9 Å². The molecule has 142 valence electrons. The summed E-state index contributed by atoms with van der Waals surface area (Å²) in [5, 5.41) is 0. The molecular weight excluding hydrogens is 361 g/mol. The Labute approximate surface area is 151 Å². The van der Waals surface area contributed by atoms with Gasteiger partial charge >= 0.3 is 0 Å². The molecule has 26 heavy (non-hydrogen) atoms. The van der Waals surface area contributed by atoms with E-state index in [0.29, 0.717) is 25.2 Å². The van der Waals surface area contributed by atoms with Crippen LogP contribution in [0.15, 0.2) is 12.1 Å². The van der Waals surface area contributed by atoms with Crippen molar-refractivity contribution in [3.05, 3.63) is 29.1 Å². The summed E-state index contributed by atoms with van der Waals surface area (Å²) in [7, 11) is -3.07. The maximum atomic E-state index is 13.8. The summed E-state index contributed by atoms with van der Waals surface area (Å²) < 4.78 is 36.4. The van der Waals surface area contributed by atoms with Gasteiger partial charge in [0.05, 0.1) is 28.7 Å². The Morgan fingerprint density at radius 2 is 1.88 bits per heavy atom. The minimum absolute atomic E-state index is 0.100. The van der Waals surface area contributed by atoms with Crippen LogP contribution in [-0.2, 0) is 14.6 Å². The number of halogens is 1. The second-order valence-electron chi connectivity index (χ2n) is 7.11. The average Bonchev–Trinajstić information content (AvgIpc) is 2.54. The quantitative estimate of drug-likeness (QED) is 0.747. The molecular formula is C17H22FN3O4S. The molecule has 0 aromatic heterocycles. The van der Waals surface area contributed by atoms with E-state index in [2.05, 4.69) is 0 Å². The topological polar surface area (TPSA) is 101 Å². The Balaban J connectivity index is 1.69. The van der Waals surface area contributed by atoms with Crippen molar-refractivity contribution in [2.75, 3.05) is 36.9 Å². The summed E-state index contributed by atoms with van der Waals surface area (Å²) >= 11 is 0. The predicted molar refractivity (Wildman–Crippen MR) is 94.8 cm³/mol. The van der Waals surface area contributed by atoms with Crippen LogP contribution < -0.4 is 5.73 Å². The molecule has 7 nitrogen and oxygen atoms in total. The summed E-state index contributed by atoms with van der Waals surface area (Å²) in [6.45, 7) is 4.40. The fourth-order valence-electron chi connectivity index (χ4n) is 3.51. The predicted octanol–water partition coefficient (Wildman–Crippen LogP) is 0.434. The van der Waals surface area contributed by atoms with Crippen LogP contribution in [-0.4, -0.2) is 67.2 Å². The first-order chi connectivity index (χ1) is 12.1. The van der Waals surface area contributed by atoms with E-state index >= 15 is 0 Å². The fourth-order valence-corrected chi connectivity index (χ4v) is 4.93. The van der Waals surface area contributed by atoms with E-state index < -0.39 is 21.6 Å². The van der Waals surface area contributed by atoms with Crippen molar-refractivity contribution >= 4 is 27.3 Å². The zero-order chi connectivity index (χ0) is 19.2. The maximum Gasteiger partial charge on any atom is 0.256 e. The number of hydrogen-bond acceptors (Lipinski definition) is 5. The molecule has 1 aromatic rings. The van der Waals surface area contributed by atoms with E-state index in [4.69, 9.17) is 5.73 Å². The van der Waals surface area contributed by atoms with Crippen molar-refractivity contribution < 1.29 is 22.4 Å². The summed E-state index contributed by atoms with van der Waals surface area (Å²) in [5.74, 6) is -1.85. The van der Waals surface area contributed by atoms with Crippen molar-refractivity contribution in [2.24, 2.45) is 5.92 Å². The number of sulfone groups is 1. The number of nitrogens with zero attached hydrogens (tertiary/aromatic N) is 2. The van der Waals surface area contributed by atoms with Crippen LogP contribution in [0.5, 0.6) is 0 Å². The minimum Gasteiger partial charge on any atom is -0.396 e. The molecule has 0 radical (unpaired) electrons. The second-order valence-corrected chi connectivity index (χ2v) is 9.27. The van der Waals surface area contributed by atoms with Gasteiger partial charge in [-0.25, -0.2) is 12.8 Å². The van der Waals surface area contributed by atoms with E-state index in [0.717, 1.165) is 0 Å². The molecule has 9 heteroatoms. The molecule has 2 fully saturated rings. The van der Waals surface area contributed by atoms with Crippen molar-refractivity contribution in [1.29, 1.82) is 0 Å². The van der Waals surface area contributed by atoms with Gasteiger partial charge < -0.3 is 15.5 Å². The maximum absolute atomic E-state index is 13.8. The normalized spacial score (nSPS) is 22.8. The number of piperazine rings is 1. The largest absolute Gasteiger partial charge is 0.396 e. The van der Waals surface area contributed by atoms with Crippen molar-refractivity contribution in [3.8, 4) is 0 Å². The van der Waals surface area contributed by atoms with Gasteiger partial charge in [0, 0.05) is 25.7 Å². The highest BCUT2D eigenvalue weighted by Crippen LogP contribution is 2.25. The highest BCUT2D eigenvalue weighted by Gasteiger charge is 2.43. The molecule has 1 unspecified atom stereocenters. The van der Waals surface area contributed by atoms with Gasteiger partial charge in [-0.15, -0.1) is 0 Å². The molecule has 2 aliphatic rings. The van der Waals surface area contributed by atoms with Crippen LogP contribution in [0, 0.1) is 18.7 Å². The van der Waals surface area contributed by atoms with E-state index in [-0.39, 0.29) is 40.6 Å². The van der Waals surface area contributed by atoms with Crippen LogP contribution in [0.25, 0.3) is 0 Å². The average molecular weight is 383 g/mol. The second kappa shape index (κ2) is 6.53. The van der Waals surface area contributed by atoms with Gasteiger partial charge in [-0.05, 0) is 31.5 Å². The highest BCUT2D eigenvalue weighted by molar-refractivity contribution is 7.92. The monoisotopic (exact) mass is 383 g/mol. The number of amides is 2. The first kappa shape index (κ1) is 18.6. The number of benzene rings is 1. The number of carbonyl (C=O) groups excluding carboxylic acids is 2. The van der Waals surface area contributed by atoms with Crippen LogP contribution >= 0.6 is 0 Å². The molecule has 2 N–H and O–H groups in total. The number of nitrogen functional groups attached to an aromatic ring is 1. The summed E-state index contributed by atoms with van der Waals surface area (Å²) in [6.07, 6.45) is 0. The first-order valence-electron chi connectivity index (χ1n) is 8.45. The SMILES string of the molecule is Cc1cc(F)c(N)c(C(=O)N2CCN(C(=O)C3CS(=O)(=O)C3)C(C)C2)c1. The minimum atomic E-state index is -3.07. The molecule has 2 heterocycles. The highest BCUT2D eigenvalue weighted by atomic mass is 32.2. The fraction of sp³-hybridized carbons (Fsp3) is 0.529. The lowest BCUT2D eigenvalue weighted by molar-refractivity contribution is -0.138. The smallest absolute Gasteiger partial charge is 0.256 e. The number of anilines is 1. The Hall–Kier alpha value is -2.16. The number of nitrogens with two attached hydrogens (primary N) is 1. The third-order valence-electron chi connectivity index (χ3n) is 4.96. The van der Waals surface area contributed by atoms with Crippen LogP contribution in [0.1, 0.15) is 22.8 Å². The molecule has 3 rings (SSSR count). The Morgan fingerprint density at radius 1 is 1.23 bits per heavy atom.